The molecule has 2 N–H and O–H groups in total. The van der Waals surface area contributed by atoms with Crippen molar-refractivity contribution >= 4 is 0 Å². The van der Waals surface area contributed by atoms with E-state index in [1.54, 1.807) is 0 Å². The van der Waals surface area contributed by atoms with Gasteiger partial charge in [-0.2, -0.15) is 0 Å². The van der Waals surface area contributed by atoms with E-state index in [1.807, 2.05) is 0 Å². The lowest BCUT2D eigenvalue weighted by atomic mass is 10.2. The molecule has 0 spiro atoms. The summed E-state index contributed by atoms with van der Waals surface area (Å²) >= 11 is 0. The fourth-order valence-corrected chi connectivity index (χ4v) is 3.98. The third-order valence-electron chi connectivity index (χ3n) is 6.25. The maximum absolute atomic E-state index is 11.2. The maximum Gasteiger partial charge on any atom is 0.211 e. The van der Waals surface area contributed by atoms with Gasteiger partial charge >= 0.3 is 0 Å². The first-order valence-corrected chi connectivity index (χ1v) is 14.7. The van der Waals surface area contributed by atoms with Gasteiger partial charge in [-0.25, -0.2) is 0 Å². The Bertz CT molecular complexity index is 566. The van der Waals surface area contributed by atoms with Crippen molar-refractivity contribution in [3.63, 3.8) is 0 Å². The predicted molar refractivity (Wildman–Crippen MR) is 148 cm³/mol. The highest BCUT2D eigenvalue weighted by Gasteiger charge is 2.29. The van der Waals surface area contributed by atoms with Crippen LogP contribution in [0.4, 0.5) is 0 Å². The Morgan fingerprint density at radius 3 is 0.778 bits per heavy atom. The van der Waals surface area contributed by atoms with Gasteiger partial charge in [-0.15, -0.1) is 0 Å². The van der Waals surface area contributed by atoms with E-state index < -0.39 is 0 Å². The third kappa shape index (κ3) is 12.3. The molecule has 0 radical (unpaired) electrons. The molecule has 0 unspecified atom stereocenters. The lowest BCUT2D eigenvalue weighted by molar-refractivity contribution is 0.210. The van der Waals surface area contributed by atoms with Gasteiger partial charge in [0.2, 0.25) is 34.5 Å². The summed E-state index contributed by atoms with van der Waals surface area (Å²) in [4.78, 5) is 0. The van der Waals surface area contributed by atoms with Crippen LogP contribution in [-0.4, -0.2) is 36.6 Å². The van der Waals surface area contributed by atoms with E-state index in [4.69, 9.17) is 18.9 Å². The lowest BCUT2D eigenvalue weighted by Crippen LogP contribution is -2.08. The van der Waals surface area contributed by atoms with E-state index in [-0.39, 0.29) is 34.5 Å². The van der Waals surface area contributed by atoms with Crippen LogP contribution in [0.1, 0.15) is 130 Å². The number of aromatic hydroxyl groups is 2. The monoisotopic (exact) mass is 510 g/mol. The summed E-state index contributed by atoms with van der Waals surface area (Å²) in [5.41, 5.74) is 0. The van der Waals surface area contributed by atoms with Gasteiger partial charge < -0.3 is 29.2 Å². The molecule has 36 heavy (non-hydrogen) atoms. The maximum atomic E-state index is 11.2. The summed E-state index contributed by atoms with van der Waals surface area (Å²) in [5, 5.41) is 22.5. The summed E-state index contributed by atoms with van der Waals surface area (Å²) in [6.45, 7) is 10.4. The van der Waals surface area contributed by atoms with E-state index in [0.29, 0.717) is 26.4 Å². The molecule has 0 atom stereocenters. The summed E-state index contributed by atoms with van der Waals surface area (Å²) < 4.78 is 24.0. The number of hydrogen-bond acceptors (Lipinski definition) is 6. The fourth-order valence-electron chi connectivity index (χ4n) is 3.98. The van der Waals surface area contributed by atoms with Crippen LogP contribution in [0.25, 0.3) is 0 Å². The highest BCUT2D eigenvalue weighted by atomic mass is 16.6. The zero-order valence-corrected chi connectivity index (χ0v) is 23.7. The minimum absolute atomic E-state index is 0.147. The minimum Gasteiger partial charge on any atom is -0.501 e. The molecule has 0 heterocycles. The largest absolute Gasteiger partial charge is 0.501 e. The normalized spacial score (nSPS) is 11.0. The molecule has 210 valence electrons. The Kier molecular flexibility index (Phi) is 18.8. The quantitative estimate of drug-likeness (QED) is 0.107. The van der Waals surface area contributed by atoms with Crippen molar-refractivity contribution < 1.29 is 29.2 Å². The van der Waals surface area contributed by atoms with E-state index in [0.717, 1.165) is 103 Å². The number of phenolic OH excluding ortho intramolecular Hbond substituents is 2. The van der Waals surface area contributed by atoms with Crippen molar-refractivity contribution in [3.05, 3.63) is 0 Å². The average Bonchev–Trinajstić information content (AvgIpc) is 2.88. The first kappa shape index (κ1) is 32.0. The number of benzene rings is 1. The molecule has 0 aliphatic carbocycles. The molecule has 0 aromatic heterocycles. The Hall–Kier alpha value is -1.98. The SMILES string of the molecule is CCCCCCOc1c(O)c(OCCCCCC)c(OCCCCCC)c(O)c1OCCCCCC. The van der Waals surface area contributed by atoms with Crippen LogP contribution in [0, 0.1) is 0 Å². The third-order valence-corrected chi connectivity index (χ3v) is 6.25. The molecule has 1 aromatic carbocycles. The van der Waals surface area contributed by atoms with Crippen LogP contribution in [-0.2, 0) is 0 Å². The number of phenols is 2. The molecule has 0 bridgehead atoms. The summed E-state index contributed by atoms with van der Waals surface area (Å²) in [7, 11) is 0. The first-order valence-electron chi connectivity index (χ1n) is 14.7. The van der Waals surface area contributed by atoms with Crippen LogP contribution in [0.15, 0.2) is 0 Å². The van der Waals surface area contributed by atoms with E-state index in [9.17, 15) is 10.2 Å². The van der Waals surface area contributed by atoms with E-state index >= 15 is 0 Å². The molecule has 0 aliphatic heterocycles. The molecule has 1 rings (SSSR count). The number of rotatable bonds is 24. The number of ether oxygens (including phenoxy) is 4. The van der Waals surface area contributed by atoms with E-state index in [2.05, 4.69) is 27.7 Å². The van der Waals surface area contributed by atoms with Crippen LogP contribution < -0.4 is 18.9 Å². The first-order chi connectivity index (χ1) is 17.6. The van der Waals surface area contributed by atoms with Crippen molar-refractivity contribution in [3.8, 4) is 34.5 Å². The van der Waals surface area contributed by atoms with Gasteiger partial charge in [-0.05, 0) is 25.7 Å². The number of unbranched alkanes of at least 4 members (excludes halogenated alkanes) is 12. The second kappa shape index (κ2) is 21.1. The van der Waals surface area contributed by atoms with Gasteiger partial charge in [0.25, 0.3) is 0 Å². The lowest BCUT2D eigenvalue weighted by Gasteiger charge is -2.22. The van der Waals surface area contributed by atoms with Gasteiger partial charge in [0.15, 0.2) is 0 Å². The molecule has 0 saturated heterocycles. The summed E-state index contributed by atoms with van der Waals surface area (Å²) in [6, 6.07) is 0. The highest BCUT2D eigenvalue weighted by Crippen LogP contribution is 2.57. The van der Waals surface area contributed by atoms with Crippen molar-refractivity contribution in [2.24, 2.45) is 0 Å². The Balaban J connectivity index is 3.16. The summed E-state index contributed by atoms with van der Waals surface area (Å²) in [5.74, 6) is 0.322. The summed E-state index contributed by atoms with van der Waals surface area (Å²) in [6.07, 6.45) is 16.8. The van der Waals surface area contributed by atoms with Crippen LogP contribution >= 0.6 is 0 Å². The zero-order valence-electron chi connectivity index (χ0n) is 23.7. The van der Waals surface area contributed by atoms with Gasteiger partial charge in [0, 0.05) is 0 Å². The van der Waals surface area contributed by atoms with Crippen LogP contribution in [0.5, 0.6) is 34.5 Å². The van der Waals surface area contributed by atoms with Crippen molar-refractivity contribution in [1.29, 1.82) is 0 Å². The second-order valence-electron chi connectivity index (χ2n) is 9.65. The van der Waals surface area contributed by atoms with Gasteiger partial charge in [-0.1, -0.05) is 105 Å². The molecular formula is C30H54O6. The van der Waals surface area contributed by atoms with Gasteiger partial charge in [0.05, 0.1) is 26.4 Å². The molecule has 0 aliphatic rings. The molecule has 0 saturated carbocycles. The Morgan fingerprint density at radius 2 is 0.583 bits per heavy atom. The molecule has 6 heteroatoms. The predicted octanol–water partition coefficient (Wildman–Crippen LogP) is 8.93. The Morgan fingerprint density at radius 1 is 0.361 bits per heavy atom. The second-order valence-corrected chi connectivity index (χ2v) is 9.65. The van der Waals surface area contributed by atoms with Crippen molar-refractivity contribution in [1.82, 2.24) is 0 Å². The van der Waals surface area contributed by atoms with Crippen LogP contribution in [0.3, 0.4) is 0 Å². The minimum atomic E-state index is -0.147. The smallest absolute Gasteiger partial charge is 0.211 e. The standard InChI is InChI=1S/C30H54O6/c1-5-9-13-17-21-33-27-25(31)29(35-23-19-15-11-7-3)30(36-24-20-16-12-8-4)26(32)28(27)34-22-18-14-10-6-2/h31-32H,5-24H2,1-4H3. The van der Waals surface area contributed by atoms with Gasteiger partial charge in [0.1, 0.15) is 0 Å². The van der Waals surface area contributed by atoms with Crippen LogP contribution in [0.2, 0.25) is 0 Å². The van der Waals surface area contributed by atoms with Gasteiger partial charge in [-0.3, -0.25) is 0 Å². The van der Waals surface area contributed by atoms with Crippen molar-refractivity contribution in [2.75, 3.05) is 26.4 Å². The van der Waals surface area contributed by atoms with E-state index in [1.165, 1.54) is 0 Å². The Labute approximate surface area is 220 Å². The topological polar surface area (TPSA) is 77.4 Å². The molecule has 1 aromatic rings. The van der Waals surface area contributed by atoms with Crippen molar-refractivity contribution in [2.45, 2.75) is 130 Å². The zero-order chi connectivity index (χ0) is 26.4. The fraction of sp³-hybridized carbons (Fsp3) is 0.800. The highest BCUT2D eigenvalue weighted by molar-refractivity contribution is 5.72. The average molecular weight is 511 g/mol. The molecular weight excluding hydrogens is 456 g/mol. The molecule has 0 fully saturated rings. The molecule has 6 nitrogen and oxygen atoms in total. The number of hydrogen-bond donors (Lipinski definition) is 2. The molecule has 0 amide bonds.